The predicted octanol–water partition coefficient (Wildman–Crippen LogP) is 4.50. The fraction of sp³-hybridized carbons (Fsp3) is 0.524. The van der Waals surface area contributed by atoms with Gasteiger partial charge in [-0.15, -0.1) is 11.3 Å². The van der Waals surface area contributed by atoms with Crippen LogP contribution in [-0.4, -0.2) is 38.3 Å². The van der Waals surface area contributed by atoms with E-state index < -0.39 is 0 Å². The van der Waals surface area contributed by atoms with Crippen LogP contribution in [-0.2, 0) is 12.8 Å². The lowest BCUT2D eigenvalue weighted by molar-refractivity contribution is 0.113. The summed E-state index contributed by atoms with van der Waals surface area (Å²) in [5, 5.41) is 2.19. The maximum Gasteiger partial charge on any atom is 0.164 e. The number of hydrogen-bond acceptors (Lipinski definition) is 4. The third-order valence-electron chi connectivity index (χ3n) is 5.89. The first kappa shape index (κ1) is 16.9. The molecule has 0 saturated carbocycles. The van der Waals surface area contributed by atoms with Crippen LogP contribution in [0.15, 0.2) is 29.6 Å². The molecular weight excluding hydrogens is 330 g/mol. The van der Waals surface area contributed by atoms with E-state index in [0.717, 1.165) is 17.9 Å². The summed E-state index contributed by atoms with van der Waals surface area (Å²) in [6.07, 6.45) is 6.08. The predicted molar refractivity (Wildman–Crippen MR) is 103 cm³/mol. The summed E-state index contributed by atoms with van der Waals surface area (Å²) in [6.45, 7) is 2.43. The maximum absolute atomic E-state index is 5.70. The molecule has 25 heavy (non-hydrogen) atoms. The summed E-state index contributed by atoms with van der Waals surface area (Å²) in [6, 6.07) is 9.48. The van der Waals surface area contributed by atoms with E-state index in [1.54, 1.807) is 14.2 Å². The molecule has 0 unspecified atom stereocenters. The van der Waals surface area contributed by atoms with Gasteiger partial charge in [0.15, 0.2) is 11.5 Å². The SMILES string of the molecule is COc1ccc2c(c1OC)CC[C@@H]1[C@@H]2CCCN1CCc1cccs1. The van der Waals surface area contributed by atoms with E-state index >= 15 is 0 Å². The molecule has 2 heterocycles. The minimum Gasteiger partial charge on any atom is -0.493 e. The smallest absolute Gasteiger partial charge is 0.164 e. The highest BCUT2D eigenvalue weighted by molar-refractivity contribution is 7.09. The Balaban J connectivity index is 1.56. The molecule has 0 N–H and O–H groups in total. The molecule has 0 radical (unpaired) electrons. The van der Waals surface area contributed by atoms with Gasteiger partial charge in [-0.3, -0.25) is 4.90 Å². The second-order valence-electron chi connectivity index (χ2n) is 7.09. The van der Waals surface area contributed by atoms with Crippen molar-refractivity contribution in [1.29, 1.82) is 0 Å². The van der Waals surface area contributed by atoms with Crippen molar-refractivity contribution < 1.29 is 9.47 Å². The first-order valence-corrected chi connectivity index (χ1v) is 10.2. The zero-order valence-corrected chi connectivity index (χ0v) is 16.0. The Kier molecular flexibility index (Phi) is 5.00. The fourth-order valence-electron chi connectivity index (χ4n) is 4.76. The number of nitrogens with zero attached hydrogens (tertiary/aromatic N) is 1. The molecule has 4 heteroatoms. The van der Waals surface area contributed by atoms with Crippen molar-refractivity contribution in [3.63, 3.8) is 0 Å². The number of thiophene rings is 1. The van der Waals surface area contributed by atoms with Crippen LogP contribution in [0.5, 0.6) is 11.5 Å². The molecule has 0 amide bonds. The Morgan fingerprint density at radius 2 is 2.08 bits per heavy atom. The monoisotopic (exact) mass is 357 g/mol. The van der Waals surface area contributed by atoms with Gasteiger partial charge in [-0.25, -0.2) is 0 Å². The topological polar surface area (TPSA) is 21.7 Å². The van der Waals surface area contributed by atoms with Crippen molar-refractivity contribution in [2.24, 2.45) is 0 Å². The third kappa shape index (κ3) is 3.18. The van der Waals surface area contributed by atoms with E-state index in [-0.39, 0.29) is 0 Å². The van der Waals surface area contributed by atoms with E-state index in [2.05, 4.69) is 34.5 Å². The Hall–Kier alpha value is -1.52. The molecule has 2 aliphatic rings. The lowest BCUT2D eigenvalue weighted by atomic mass is 9.74. The van der Waals surface area contributed by atoms with Crippen LogP contribution in [0.4, 0.5) is 0 Å². The number of hydrogen-bond donors (Lipinski definition) is 0. The van der Waals surface area contributed by atoms with Gasteiger partial charge in [0.05, 0.1) is 14.2 Å². The maximum atomic E-state index is 5.70. The van der Waals surface area contributed by atoms with Gasteiger partial charge >= 0.3 is 0 Å². The quantitative estimate of drug-likeness (QED) is 0.786. The molecular formula is C21H27NO2S. The van der Waals surface area contributed by atoms with Crippen LogP contribution < -0.4 is 9.47 Å². The minimum absolute atomic E-state index is 0.639. The first-order chi connectivity index (χ1) is 12.3. The molecule has 2 aromatic rings. The van der Waals surface area contributed by atoms with Gasteiger partial charge in [-0.05, 0) is 67.6 Å². The van der Waals surface area contributed by atoms with Gasteiger partial charge < -0.3 is 9.47 Å². The molecule has 1 aliphatic heterocycles. The van der Waals surface area contributed by atoms with Crippen LogP contribution >= 0.6 is 11.3 Å². The summed E-state index contributed by atoms with van der Waals surface area (Å²) in [5.74, 6) is 2.46. The Morgan fingerprint density at radius 3 is 2.84 bits per heavy atom. The van der Waals surface area contributed by atoms with E-state index in [1.165, 1.54) is 54.8 Å². The first-order valence-electron chi connectivity index (χ1n) is 9.32. The van der Waals surface area contributed by atoms with Crippen LogP contribution in [0, 0.1) is 0 Å². The molecule has 134 valence electrons. The lowest BCUT2D eigenvalue weighted by Crippen LogP contribution is -2.47. The highest BCUT2D eigenvalue weighted by Gasteiger charge is 2.37. The molecule has 0 spiro atoms. The van der Waals surface area contributed by atoms with Gasteiger partial charge in [0.2, 0.25) is 0 Å². The second-order valence-corrected chi connectivity index (χ2v) is 8.12. The molecule has 1 aromatic carbocycles. The molecule has 0 bridgehead atoms. The highest BCUT2D eigenvalue weighted by atomic mass is 32.1. The molecule has 1 saturated heterocycles. The molecule has 3 nitrogen and oxygen atoms in total. The van der Waals surface area contributed by atoms with Crippen LogP contribution in [0.1, 0.15) is 41.2 Å². The number of piperidine rings is 1. The number of likely N-dealkylation sites (tertiary alicyclic amines) is 1. The van der Waals surface area contributed by atoms with Crippen molar-refractivity contribution in [3.05, 3.63) is 45.6 Å². The average Bonchev–Trinajstić information content (AvgIpc) is 3.18. The summed E-state index contributed by atoms with van der Waals surface area (Å²) in [7, 11) is 3.49. The van der Waals surface area contributed by atoms with Crippen molar-refractivity contribution in [2.75, 3.05) is 27.3 Å². The summed E-state index contributed by atoms with van der Waals surface area (Å²) in [4.78, 5) is 4.25. The fourth-order valence-corrected chi connectivity index (χ4v) is 5.46. The zero-order chi connectivity index (χ0) is 17.2. The average molecular weight is 358 g/mol. The Bertz CT molecular complexity index is 713. The zero-order valence-electron chi connectivity index (χ0n) is 15.2. The van der Waals surface area contributed by atoms with Gasteiger partial charge in [0, 0.05) is 23.0 Å². The molecule has 4 rings (SSSR count). The Morgan fingerprint density at radius 1 is 1.16 bits per heavy atom. The van der Waals surface area contributed by atoms with E-state index in [4.69, 9.17) is 9.47 Å². The largest absolute Gasteiger partial charge is 0.493 e. The second kappa shape index (κ2) is 7.38. The summed E-state index contributed by atoms with van der Waals surface area (Å²) >= 11 is 1.88. The third-order valence-corrected chi connectivity index (χ3v) is 6.83. The highest BCUT2D eigenvalue weighted by Crippen LogP contribution is 2.46. The number of ether oxygens (including phenoxy) is 2. The molecule has 1 aliphatic carbocycles. The minimum atomic E-state index is 0.639. The lowest BCUT2D eigenvalue weighted by Gasteiger charge is -2.45. The number of methoxy groups -OCH3 is 2. The van der Waals surface area contributed by atoms with E-state index in [1.807, 2.05) is 11.3 Å². The van der Waals surface area contributed by atoms with E-state index in [0.29, 0.717) is 12.0 Å². The van der Waals surface area contributed by atoms with Crippen molar-refractivity contribution in [3.8, 4) is 11.5 Å². The summed E-state index contributed by atoms with van der Waals surface area (Å²) in [5.41, 5.74) is 2.87. The standard InChI is InChI=1S/C21H27NO2S/c1-23-20-10-8-16-17-6-3-12-22(13-11-15-5-4-14-25-15)19(17)9-7-18(16)21(20)24-2/h4-5,8,10,14,17,19H,3,6-7,9,11-13H2,1-2H3/t17-,19-/m1/s1. The van der Waals surface area contributed by atoms with Crippen molar-refractivity contribution >= 4 is 11.3 Å². The number of benzene rings is 1. The molecule has 2 atom stereocenters. The van der Waals surface area contributed by atoms with Crippen LogP contribution in [0.25, 0.3) is 0 Å². The van der Waals surface area contributed by atoms with Gasteiger partial charge in [0.1, 0.15) is 0 Å². The van der Waals surface area contributed by atoms with E-state index in [9.17, 15) is 0 Å². The van der Waals surface area contributed by atoms with Gasteiger partial charge in [0.25, 0.3) is 0 Å². The van der Waals surface area contributed by atoms with Gasteiger partial charge in [-0.1, -0.05) is 12.1 Å². The van der Waals surface area contributed by atoms with Crippen molar-refractivity contribution in [1.82, 2.24) is 4.90 Å². The molecule has 1 fully saturated rings. The van der Waals surface area contributed by atoms with Crippen molar-refractivity contribution in [2.45, 2.75) is 44.1 Å². The summed E-state index contributed by atoms with van der Waals surface area (Å²) < 4.78 is 11.2. The normalized spacial score (nSPS) is 23.0. The van der Waals surface area contributed by atoms with Crippen LogP contribution in [0.2, 0.25) is 0 Å². The number of fused-ring (bicyclic) bond motifs is 3. The number of rotatable bonds is 5. The Labute approximate surface area is 154 Å². The van der Waals surface area contributed by atoms with Gasteiger partial charge in [-0.2, -0.15) is 0 Å². The molecule has 1 aromatic heterocycles. The van der Waals surface area contributed by atoms with Crippen LogP contribution in [0.3, 0.4) is 0 Å².